The molecule has 4 nitrogen and oxygen atoms in total. The van der Waals surface area contributed by atoms with Crippen LogP contribution in [0.1, 0.15) is 31.8 Å². The molecule has 1 aliphatic heterocycles. The molecule has 3 rings (SSSR count). The lowest BCUT2D eigenvalue weighted by atomic mass is 10.1. The number of ether oxygens (including phenoxy) is 1. The summed E-state index contributed by atoms with van der Waals surface area (Å²) in [7, 11) is 1.36. The summed E-state index contributed by atoms with van der Waals surface area (Å²) in [6.07, 6.45) is 0. The fourth-order valence-electron chi connectivity index (χ4n) is 2.53. The van der Waals surface area contributed by atoms with Gasteiger partial charge in [-0.1, -0.05) is 30.3 Å². The lowest BCUT2D eigenvalue weighted by Gasteiger charge is -2.15. The van der Waals surface area contributed by atoms with E-state index in [0.717, 1.165) is 16.7 Å². The van der Waals surface area contributed by atoms with Gasteiger partial charge in [-0.25, -0.2) is 4.79 Å². The molecule has 2 aromatic carbocycles. The van der Waals surface area contributed by atoms with Gasteiger partial charge in [0.25, 0.3) is 5.91 Å². The number of amides is 1. The van der Waals surface area contributed by atoms with Crippen molar-refractivity contribution in [3.8, 4) is 0 Å². The number of methoxy groups -OCH3 is 1. The molecule has 106 valence electrons. The zero-order chi connectivity index (χ0) is 14.8. The molecule has 0 bridgehead atoms. The smallest absolute Gasteiger partial charge is 0.337 e. The maximum absolute atomic E-state index is 12.3. The van der Waals surface area contributed by atoms with Gasteiger partial charge in [0.05, 0.1) is 12.7 Å². The fourth-order valence-corrected chi connectivity index (χ4v) is 2.53. The first kappa shape index (κ1) is 13.4. The van der Waals surface area contributed by atoms with Gasteiger partial charge >= 0.3 is 5.97 Å². The van der Waals surface area contributed by atoms with Gasteiger partial charge in [-0.15, -0.1) is 0 Å². The second-order valence-electron chi connectivity index (χ2n) is 5.01. The second kappa shape index (κ2) is 5.40. The van der Waals surface area contributed by atoms with E-state index in [1.807, 2.05) is 36.4 Å². The van der Waals surface area contributed by atoms with Crippen LogP contribution in [0.4, 0.5) is 0 Å². The Morgan fingerprint density at radius 1 is 1.14 bits per heavy atom. The van der Waals surface area contributed by atoms with Crippen LogP contribution in [0.15, 0.2) is 48.5 Å². The first-order valence-electron chi connectivity index (χ1n) is 6.73. The van der Waals surface area contributed by atoms with Crippen LogP contribution in [0.5, 0.6) is 0 Å². The molecule has 21 heavy (non-hydrogen) atoms. The standard InChI is InChI=1S/C17H15NO3/c1-21-17(20)13-8-6-12(7-9-13)10-18-11-14-4-2-3-5-15(14)16(18)19/h2-9H,10-11H2,1H3. The first-order valence-corrected chi connectivity index (χ1v) is 6.73. The van der Waals surface area contributed by atoms with Gasteiger partial charge in [-0.2, -0.15) is 0 Å². The van der Waals surface area contributed by atoms with Crippen molar-refractivity contribution in [3.63, 3.8) is 0 Å². The minimum atomic E-state index is -0.355. The van der Waals surface area contributed by atoms with Crippen molar-refractivity contribution in [2.45, 2.75) is 13.1 Å². The lowest BCUT2D eigenvalue weighted by Crippen LogP contribution is -2.23. The summed E-state index contributed by atoms with van der Waals surface area (Å²) >= 11 is 0. The topological polar surface area (TPSA) is 46.6 Å². The van der Waals surface area contributed by atoms with Crippen molar-refractivity contribution >= 4 is 11.9 Å². The highest BCUT2D eigenvalue weighted by molar-refractivity contribution is 5.98. The van der Waals surface area contributed by atoms with E-state index in [2.05, 4.69) is 4.74 Å². The highest BCUT2D eigenvalue weighted by Crippen LogP contribution is 2.24. The average molecular weight is 281 g/mol. The molecule has 1 heterocycles. The van der Waals surface area contributed by atoms with Crippen molar-refractivity contribution in [1.82, 2.24) is 4.90 Å². The predicted molar refractivity (Wildman–Crippen MR) is 77.8 cm³/mol. The normalized spacial score (nSPS) is 13.2. The summed E-state index contributed by atoms with van der Waals surface area (Å²) in [5, 5.41) is 0. The molecule has 0 fully saturated rings. The van der Waals surface area contributed by atoms with Crippen molar-refractivity contribution in [2.75, 3.05) is 7.11 Å². The van der Waals surface area contributed by atoms with Crippen LogP contribution in [0, 0.1) is 0 Å². The zero-order valence-corrected chi connectivity index (χ0v) is 11.7. The highest BCUT2D eigenvalue weighted by Gasteiger charge is 2.26. The number of rotatable bonds is 3. The second-order valence-corrected chi connectivity index (χ2v) is 5.01. The van der Waals surface area contributed by atoms with E-state index in [4.69, 9.17) is 0 Å². The van der Waals surface area contributed by atoms with Crippen LogP contribution in [0.3, 0.4) is 0 Å². The SMILES string of the molecule is COC(=O)c1ccc(CN2Cc3ccccc3C2=O)cc1. The van der Waals surface area contributed by atoms with E-state index in [-0.39, 0.29) is 11.9 Å². The van der Waals surface area contributed by atoms with E-state index < -0.39 is 0 Å². The van der Waals surface area contributed by atoms with Crippen LogP contribution in [0.2, 0.25) is 0 Å². The largest absolute Gasteiger partial charge is 0.465 e. The predicted octanol–water partition coefficient (Wildman–Crippen LogP) is 2.63. The van der Waals surface area contributed by atoms with Crippen molar-refractivity contribution in [3.05, 3.63) is 70.8 Å². The number of esters is 1. The van der Waals surface area contributed by atoms with Crippen molar-refractivity contribution in [1.29, 1.82) is 0 Å². The summed E-state index contributed by atoms with van der Waals surface area (Å²) in [6.45, 7) is 1.17. The number of hydrogen-bond acceptors (Lipinski definition) is 3. The van der Waals surface area contributed by atoms with E-state index in [9.17, 15) is 9.59 Å². The Morgan fingerprint density at radius 3 is 2.52 bits per heavy atom. The molecule has 0 radical (unpaired) electrons. The maximum atomic E-state index is 12.3. The minimum Gasteiger partial charge on any atom is -0.465 e. The number of fused-ring (bicyclic) bond motifs is 1. The Morgan fingerprint density at radius 2 is 1.86 bits per heavy atom. The zero-order valence-electron chi connectivity index (χ0n) is 11.7. The van der Waals surface area contributed by atoms with E-state index in [1.54, 1.807) is 17.0 Å². The average Bonchev–Trinajstić information content (AvgIpc) is 2.84. The molecular formula is C17H15NO3. The molecule has 0 aromatic heterocycles. The molecular weight excluding hydrogens is 266 g/mol. The van der Waals surface area contributed by atoms with Gasteiger partial charge in [0, 0.05) is 18.7 Å². The first-order chi connectivity index (χ1) is 10.2. The fraction of sp³-hybridized carbons (Fsp3) is 0.176. The molecule has 2 aromatic rings. The third-order valence-electron chi connectivity index (χ3n) is 3.64. The number of benzene rings is 2. The van der Waals surface area contributed by atoms with Gasteiger partial charge in [0.2, 0.25) is 0 Å². The van der Waals surface area contributed by atoms with Gasteiger partial charge in [-0.3, -0.25) is 4.79 Å². The van der Waals surface area contributed by atoms with Crippen molar-refractivity contribution < 1.29 is 14.3 Å². The molecule has 0 spiro atoms. The molecule has 1 aliphatic rings. The lowest BCUT2D eigenvalue weighted by molar-refractivity contribution is 0.0600. The summed E-state index contributed by atoms with van der Waals surface area (Å²) in [4.78, 5) is 25.5. The molecule has 0 saturated heterocycles. The van der Waals surface area contributed by atoms with Gasteiger partial charge in [-0.05, 0) is 29.3 Å². The number of hydrogen-bond donors (Lipinski definition) is 0. The number of carbonyl (C=O) groups is 2. The number of carbonyl (C=O) groups excluding carboxylic acids is 2. The molecule has 0 aliphatic carbocycles. The van der Waals surface area contributed by atoms with Crippen molar-refractivity contribution in [2.24, 2.45) is 0 Å². The third-order valence-corrected chi connectivity index (χ3v) is 3.64. The maximum Gasteiger partial charge on any atom is 0.337 e. The Hall–Kier alpha value is -2.62. The molecule has 0 saturated carbocycles. The van der Waals surface area contributed by atoms with Gasteiger partial charge in [0.1, 0.15) is 0 Å². The quantitative estimate of drug-likeness (QED) is 0.812. The Bertz CT molecular complexity index is 691. The Kier molecular flexibility index (Phi) is 3.44. The third kappa shape index (κ3) is 2.52. The molecule has 0 N–H and O–H groups in total. The minimum absolute atomic E-state index is 0.0580. The summed E-state index contributed by atoms with van der Waals surface area (Å²) in [6, 6.07) is 14.8. The summed E-state index contributed by atoms with van der Waals surface area (Å²) in [5.41, 5.74) is 3.35. The van der Waals surface area contributed by atoms with E-state index >= 15 is 0 Å². The molecule has 4 heteroatoms. The van der Waals surface area contributed by atoms with Gasteiger partial charge < -0.3 is 9.64 Å². The Balaban J connectivity index is 1.74. The van der Waals surface area contributed by atoms with Crippen LogP contribution in [0.25, 0.3) is 0 Å². The summed E-state index contributed by atoms with van der Waals surface area (Å²) < 4.78 is 4.67. The molecule has 0 unspecified atom stereocenters. The van der Waals surface area contributed by atoms with E-state index in [0.29, 0.717) is 18.7 Å². The highest BCUT2D eigenvalue weighted by atomic mass is 16.5. The summed E-state index contributed by atoms with van der Waals surface area (Å²) in [5.74, 6) is -0.297. The van der Waals surface area contributed by atoms with Crippen LogP contribution < -0.4 is 0 Å². The van der Waals surface area contributed by atoms with Crippen LogP contribution in [-0.4, -0.2) is 23.9 Å². The van der Waals surface area contributed by atoms with E-state index in [1.165, 1.54) is 7.11 Å². The molecule has 1 amide bonds. The Labute approximate surface area is 123 Å². The molecule has 0 atom stereocenters. The van der Waals surface area contributed by atoms with Crippen LogP contribution in [-0.2, 0) is 17.8 Å². The monoisotopic (exact) mass is 281 g/mol. The number of nitrogens with zero attached hydrogens (tertiary/aromatic N) is 1. The van der Waals surface area contributed by atoms with Gasteiger partial charge in [0.15, 0.2) is 0 Å². The van der Waals surface area contributed by atoms with Crippen LogP contribution >= 0.6 is 0 Å².